The molecule has 21 heteroatoms. The predicted molar refractivity (Wildman–Crippen MR) is 178 cm³/mol. The van der Waals surface area contributed by atoms with Crippen LogP contribution in [0.15, 0.2) is 59.6 Å². The van der Waals surface area contributed by atoms with E-state index >= 15 is 0 Å². The summed E-state index contributed by atoms with van der Waals surface area (Å²) in [4.78, 5) is 26.1. The van der Waals surface area contributed by atoms with Crippen LogP contribution in [0.5, 0.6) is 0 Å². The van der Waals surface area contributed by atoms with Crippen LogP contribution in [-0.2, 0) is 37.7 Å². The summed E-state index contributed by atoms with van der Waals surface area (Å²) in [6.45, 7) is 1.77. The van der Waals surface area contributed by atoms with Gasteiger partial charge in [-0.15, -0.1) is 11.8 Å². The fraction of sp³-hybridized carbons (Fsp3) is 0.310. The van der Waals surface area contributed by atoms with Gasteiger partial charge in [0, 0.05) is 66.6 Å². The maximum atomic E-state index is 14.6. The predicted octanol–water partition coefficient (Wildman–Crippen LogP) is -0.700. The zero-order chi connectivity index (χ0) is 36.6. The number of pyridine rings is 3. The number of nitrogens with zero attached hydrogens (tertiary/aromatic N) is 4. The summed E-state index contributed by atoms with van der Waals surface area (Å²) in [7, 11) is 22.7. The molecule has 0 aliphatic rings. The van der Waals surface area contributed by atoms with Crippen LogP contribution < -0.4 is 5.32 Å². The Morgan fingerprint density at radius 1 is 0.940 bits per heavy atom. The number of halogens is 1. The molecule has 1 amide bonds. The Bertz CT molecular complexity index is 1860. The van der Waals surface area contributed by atoms with Crippen molar-refractivity contribution in [1.82, 2.24) is 20.3 Å². The number of carbonyl (C=O) groups is 1. The van der Waals surface area contributed by atoms with Gasteiger partial charge >= 0.3 is 0 Å². The van der Waals surface area contributed by atoms with Crippen molar-refractivity contribution in [3.8, 4) is 11.4 Å². The normalized spacial score (nSPS) is 14.7. The summed E-state index contributed by atoms with van der Waals surface area (Å²) in [6.07, 6.45) is 1.50. The number of benzene rings is 1. The van der Waals surface area contributed by atoms with Crippen LogP contribution in [0.25, 0.3) is 27.6 Å². The minimum absolute atomic E-state index is 0. The van der Waals surface area contributed by atoms with Crippen LogP contribution >= 0.6 is 11.8 Å². The zero-order valence-electron chi connectivity index (χ0n) is 26.4. The van der Waals surface area contributed by atoms with Gasteiger partial charge in [0.25, 0.3) is 17.9 Å². The third-order valence-electron chi connectivity index (χ3n) is 6.62. The summed E-state index contributed by atoms with van der Waals surface area (Å²) in [5, 5.41) is 72.2. The second-order valence-electron chi connectivity index (χ2n) is 11.4. The van der Waals surface area contributed by atoms with Gasteiger partial charge in [-0.05, 0) is 60.6 Å². The molecule has 254 valence electrons. The molecule has 0 saturated heterocycles. The second-order valence-corrected chi connectivity index (χ2v) is 12.4. The SMILES string of the molecule is [B]C([B])(O)c1ccc(C(=O)NCc2cc3nc(-c4cc(F)cc([N-]C([B])(O)C([B])(C)OC(C)(O)O)n4)ccc3cn2)cc1SCC(O)(O)O.[W]. The molecule has 2 unspecified atom stereocenters. The van der Waals surface area contributed by atoms with Crippen molar-refractivity contribution in [3.63, 3.8) is 0 Å². The minimum atomic E-state index is -3.04. The first-order valence-electron chi connectivity index (χ1n) is 14.1. The van der Waals surface area contributed by atoms with Crippen LogP contribution in [0, 0.1) is 5.82 Å². The number of hydrogen-bond acceptors (Lipinski definition) is 13. The van der Waals surface area contributed by atoms with Crippen molar-refractivity contribution in [2.24, 2.45) is 0 Å². The maximum absolute atomic E-state index is 14.6. The Hall–Kier alpha value is -2.89. The fourth-order valence-electron chi connectivity index (χ4n) is 4.29. The molecule has 0 aliphatic heterocycles. The van der Waals surface area contributed by atoms with Gasteiger partial charge in [0.2, 0.25) is 0 Å². The molecule has 8 radical (unpaired) electrons. The molecule has 50 heavy (non-hydrogen) atoms. The number of aromatic nitrogens is 3. The van der Waals surface area contributed by atoms with Gasteiger partial charge in [-0.3, -0.25) is 9.78 Å². The molecule has 4 aromatic rings. The van der Waals surface area contributed by atoms with Crippen molar-refractivity contribution in [1.29, 1.82) is 0 Å². The van der Waals surface area contributed by atoms with Gasteiger partial charge in [-0.1, -0.05) is 11.9 Å². The average molecular weight is 868 g/mol. The molecular formula is C29H27B4FN5O9SW-. The number of hydrogen-bond donors (Lipinski definition) is 8. The molecule has 0 aliphatic carbocycles. The standard InChI is InChI=1S/C29H28B4FN5O9S.W/c1-25(30,48-26(2,41)42)29(33,47)39-23-9-16(34)8-21(38-23)19-6-4-15-11-35-17(10-20(15)37-19)12-36-24(40)14-3-5-18(28(31,32)46)22(7-14)49-13-27(43,44)45;/h3-11,41-47H,12-13H2,1-2H3,(H2,36,38,39,40);/p-1. The van der Waals surface area contributed by atoms with E-state index in [1.165, 1.54) is 30.5 Å². The maximum Gasteiger partial charge on any atom is 0.285 e. The van der Waals surface area contributed by atoms with E-state index in [1.54, 1.807) is 12.1 Å². The molecule has 1 aromatic carbocycles. The number of nitrogens with one attached hydrogen (secondary N) is 1. The second kappa shape index (κ2) is 15.4. The largest absolute Gasteiger partial charge is 0.443 e. The molecule has 2 atom stereocenters. The molecule has 8 N–H and O–H groups in total. The first-order valence-corrected chi connectivity index (χ1v) is 15.1. The van der Waals surface area contributed by atoms with Crippen molar-refractivity contribution < 1.29 is 70.7 Å². The summed E-state index contributed by atoms with van der Waals surface area (Å²) in [5.74, 6) is -8.30. The quantitative estimate of drug-likeness (QED) is 0.0473. The van der Waals surface area contributed by atoms with E-state index in [4.69, 9.17) is 36.1 Å². The molecule has 0 spiro atoms. The third kappa shape index (κ3) is 11.1. The van der Waals surface area contributed by atoms with Crippen LogP contribution in [0.3, 0.4) is 0 Å². The Morgan fingerprint density at radius 3 is 2.24 bits per heavy atom. The molecular weight excluding hydrogens is 840 g/mol. The Labute approximate surface area is 309 Å². The van der Waals surface area contributed by atoms with Crippen LogP contribution in [0.4, 0.5) is 10.2 Å². The van der Waals surface area contributed by atoms with Gasteiger partial charge in [0.05, 0.1) is 29.2 Å². The minimum Gasteiger partial charge on any atom is -0.443 e. The molecule has 0 saturated carbocycles. The Morgan fingerprint density at radius 2 is 1.62 bits per heavy atom. The molecule has 14 nitrogen and oxygen atoms in total. The van der Waals surface area contributed by atoms with Crippen LogP contribution in [0.1, 0.15) is 35.5 Å². The van der Waals surface area contributed by atoms with E-state index in [-0.39, 0.29) is 55.0 Å². The average Bonchev–Trinajstić information content (AvgIpc) is 2.95. The van der Waals surface area contributed by atoms with E-state index in [1.807, 2.05) is 0 Å². The number of fused-ring (bicyclic) bond motifs is 1. The van der Waals surface area contributed by atoms with Crippen molar-refractivity contribution in [2.75, 3.05) is 5.75 Å². The summed E-state index contributed by atoms with van der Waals surface area (Å²) in [6, 6.07) is 10.5. The molecule has 3 heterocycles. The fourth-order valence-corrected chi connectivity index (χ4v) is 5.24. The van der Waals surface area contributed by atoms with Crippen LogP contribution in [-0.4, -0.2) is 117 Å². The van der Waals surface area contributed by atoms with Crippen molar-refractivity contribution in [3.05, 3.63) is 82.7 Å². The van der Waals surface area contributed by atoms with E-state index in [0.29, 0.717) is 28.4 Å². The summed E-state index contributed by atoms with van der Waals surface area (Å²) in [5.41, 5.74) is -4.19. The van der Waals surface area contributed by atoms with E-state index in [9.17, 15) is 44.9 Å². The monoisotopic (exact) mass is 868 g/mol. The molecule has 0 bridgehead atoms. The smallest absolute Gasteiger partial charge is 0.285 e. The third-order valence-corrected chi connectivity index (χ3v) is 7.80. The van der Waals surface area contributed by atoms with Gasteiger partial charge in [-0.2, -0.15) is 0 Å². The number of ether oxygens (including phenoxy) is 1. The molecule has 0 fully saturated rings. The number of aliphatic hydroxyl groups is 7. The number of amides is 1. The van der Waals surface area contributed by atoms with Gasteiger partial charge in [0.15, 0.2) is 0 Å². The van der Waals surface area contributed by atoms with E-state index in [2.05, 4.69) is 25.6 Å². The topological polar surface area (TPSA) is 233 Å². The first kappa shape index (κ1) is 41.5. The number of carbonyl (C=O) groups excluding carboxylic acids is 1. The first-order chi connectivity index (χ1) is 22.4. The van der Waals surface area contributed by atoms with Gasteiger partial charge < -0.3 is 56.1 Å². The Kier molecular flexibility index (Phi) is 12.8. The van der Waals surface area contributed by atoms with Crippen LogP contribution in [0.2, 0.25) is 0 Å². The summed E-state index contributed by atoms with van der Waals surface area (Å²) >= 11 is 0.682. The van der Waals surface area contributed by atoms with Crippen molar-refractivity contribution >= 4 is 65.8 Å². The zero-order valence-corrected chi connectivity index (χ0v) is 30.1. The number of thioether (sulfide) groups is 1. The van der Waals surface area contributed by atoms with Gasteiger partial charge in [-0.25, -0.2) is 9.37 Å². The number of rotatable bonds is 13. The van der Waals surface area contributed by atoms with E-state index in [0.717, 1.165) is 26.0 Å². The van der Waals surface area contributed by atoms with Gasteiger partial charge in [0.1, 0.15) is 37.2 Å². The van der Waals surface area contributed by atoms with E-state index < -0.39 is 51.8 Å². The van der Waals surface area contributed by atoms with Crippen molar-refractivity contribution in [2.45, 2.75) is 53.8 Å². The molecule has 4 rings (SSSR count). The Balaban J connectivity index is 0.00000676. The summed E-state index contributed by atoms with van der Waals surface area (Å²) < 4.78 is 19.4. The molecule has 3 aromatic heterocycles.